The third-order valence-electron chi connectivity index (χ3n) is 3.84. The summed E-state index contributed by atoms with van der Waals surface area (Å²) in [5, 5.41) is 9.78. The zero-order valence-electron chi connectivity index (χ0n) is 11.6. The van der Waals surface area contributed by atoms with E-state index in [-0.39, 0.29) is 17.6 Å². The van der Waals surface area contributed by atoms with Gasteiger partial charge in [0.1, 0.15) is 0 Å². The maximum atomic E-state index is 9.78. The molecule has 0 spiro atoms. The van der Waals surface area contributed by atoms with E-state index in [1.165, 1.54) is 0 Å². The number of methoxy groups -OCH3 is 1. The summed E-state index contributed by atoms with van der Waals surface area (Å²) in [7, 11) is 1.71. The predicted octanol–water partition coefficient (Wildman–Crippen LogP) is 2.08. The minimum absolute atomic E-state index is 0.0628. The molecule has 0 fully saturated rings. The van der Waals surface area contributed by atoms with Crippen LogP contribution in [0.15, 0.2) is 30.3 Å². The van der Waals surface area contributed by atoms with E-state index in [2.05, 4.69) is 13.8 Å². The average Bonchev–Trinajstić information content (AvgIpc) is 2.42. The molecule has 1 rings (SSSR count). The summed E-state index contributed by atoms with van der Waals surface area (Å²) in [6.07, 6.45) is 1.67. The monoisotopic (exact) mass is 251 g/mol. The second-order valence-corrected chi connectivity index (χ2v) is 5.47. The van der Waals surface area contributed by atoms with Crippen LogP contribution in [0.1, 0.15) is 32.3 Å². The lowest BCUT2D eigenvalue weighted by Gasteiger charge is -2.34. The van der Waals surface area contributed by atoms with Gasteiger partial charge in [0, 0.05) is 19.1 Å². The Balaban J connectivity index is 2.88. The molecule has 0 saturated carbocycles. The molecule has 0 amide bonds. The minimum Gasteiger partial charge on any atom is -0.395 e. The Labute approximate surface area is 110 Å². The van der Waals surface area contributed by atoms with Gasteiger partial charge in [0.25, 0.3) is 0 Å². The van der Waals surface area contributed by atoms with Gasteiger partial charge in [-0.25, -0.2) is 0 Å². The van der Waals surface area contributed by atoms with Gasteiger partial charge in [0.05, 0.1) is 12.2 Å². The number of rotatable bonds is 7. The summed E-state index contributed by atoms with van der Waals surface area (Å²) in [6, 6.07) is 10.0. The molecule has 0 saturated heterocycles. The molecule has 0 heterocycles. The van der Waals surface area contributed by atoms with Crippen molar-refractivity contribution in [3.63, 3.8) is 0 Å². The highest BCUT2D eigenvalue weighted by atomic mass is 16.5. The third kappa shape index (κ3) is 3.55. The van der Waals surface area contributed by atoms with Crippen molar-refractivity contribution in [1.82, 2.24) is 0 Å². The molecule has 0 bridgehead atoms. The van der Waals surface area contributed by atoms with Gasteiger partial charge in [0.15, 0.2) is 0 Å². The van der Waals surface area contributed by atoms with Crippen LogP contribution >= 0.6 is 0 Å². The number of aliphatic hydroxyl groups excluding tert-OH is 1. The number of ether oxygens (including phenoxy) is 1. The van der Waals surface area contributed by atoms with E-state index in [1.54, 1.807) is 7.11 Å². The first-order valence-corrected chi connectivity index (χ1v) is 6.41. The average molecular weight is 251 g/mol. The number of hydrogen-bond donors (Lipinski definition) is 2. The van der Waals surface area contributed by atoms with E-state index in [9.17, 15) is 5.11 Å². The molecule has 3 heteroatoms. The highest BCUT2D eigenvalue weighted by Gasteiger charge is 2.32. The normalized spacial score (nSPS) is 15.4. The molecular formula is C15H25NO2. The fraction of sp³-hybridized carbons (Fsp3) is 0.600. The van der Waals surface area contributed by atoms with Crippen molar-refractivity contribution >= 4 is 0 Å². The Bertz CT molecular complexity index is 345. The Morgan fingerprint density at radius 3 is 2.22 bits per heavy atom. The molecule has 102 valence electrons. The van der Waals surface area contributed by atoms with E-state index in [1.807, 2.05) is 30.3 Å². The molecule has 3 nitrogen and oxygen atoms in total. The molecule has 1 unspecified atom stereocenters. The van der Waals surface area contributed by atoms with Crippen molar-refractivity contribution in [2.75, 3.05) is 20.3 Å². The minimum atomic E-state index is -0.364. The van der Waals surface area contributed by atoms with Gasteiger partial charge in [-0.1, -0.05) is 30.3 Å². The van der Waals surface area contributed by atoms with Crippen molar-refractivity contribution in [3.05, 3.63) is 35.9 Å². The molecule has 0 aliphatic heterocycles. The second kappa shape index (κ2) is 6.32. The topological polar surface area (TPSA) is 55.5 Å². The SMILES string of the molecule is COC(C)(C)CCC(CN)(CO)c1ccccc1. The van der Waals surface area contributed by atoms with Crippen molar-refractivity contribution in [2.45, 2.75) is 37.7 Å². The summed E-state index contributed by atoms with van der Waals surface area (Å²) < 4.78 is 5.44. The highest BCUT2D eigenvalue weighted by molar-refractivity contribution is 5.26. The van der Waals surface area contributed by atoms with Gasteiger partial charge < -0.3 is 15.6 Å². The quantitative estimate of drug-likeness (QED) is 0.780. The van der Waals surface area contributed by atoms with Crippen LogP contribution < -0.4 is 5.73 Å². The van der Waals surface area contributed by atoms with Gasteiger partial charge in [-0.15, -0.1) is 0 Å². The molecule has 1 aromatic rings. The fourth-order valence-corrected chi connectivity index (χ4v) is 2.03. The number of hydrogen-bond acceptors (Lipinski definition) is 3. The van der Waals surface area contributed by atoms with E-state index >= 15 is 0 Å². The van der Waals surface area contributed by atoms with Crippen LogP contribution in [-0.4, -0.2) is 31.0 Å². The smallest absolute Gasteiger partial charge is 0.0623 e. The zero-order valence-corrected chi connectivity index (χ0v) is 11.6. The van der Waals surface area contributed by atoms with Gasteiger partial charge in [-0.2, -0.15) is 0 Å². The number of aliphatic hydroxyl groups is 1. The van der Waals surface area contributed by atoms with Gasteiger partial charge >= 0.3 is 0 Å². The second-order valence-electron chi connectivity index (χ2n) is 5.47. The molecule has 3 N–H and O–H groups in total. The van der Waals surface area contributed by atoms with Gasteiger partial charge in [-0.05, 0) is 32.3 Å². The molecule has 0 radical (unpaired) electrons. The summed E-state index contributed by atoms with van der Waals surface area (Å²) >= 11 is 0. The Morgan fingerprint density at radius 2 is 1.78 bits per heavy atom. The van der Waals surface area contributed by atoms with Crippen LogP contribution in [0.3, 0.4) is 0 Å². The van der Waals surface area contributed by atoms with Crippen LogP contribution in [0, 0.1) is 0 Å². The predicted molar refractivity (Wildman–Crippen MR) is 74.6 cm³/mol. The maximum Gasteiger partial charge on any atom is 0.0623 e. The first-order valence-electron chi connectivity index (χ1n) is 6.41. The van der Waals surface area contributed by atoms with Crippen LogP contribution in [0.2, 0.25) is 0 Å². The Morgan fingerprint density at radius 1 is 1.17 bits per heavy atom. The molecule has 18 heavy (non-hydrogen) atoms. The van der Waals surface area contributed by atoms with E-state index in [0.717, 1.165) is 18.4 Å². The lowest BCUT2D eigenvalue weighted by molar-refractivity contribution is 0.00585. The molecule has 0 aliphatic carbocycles. The van der Waals surface area contributed by atoms with Crippen molar-refractivity contribution in [2.24, 2.45) is 5.73 Å². The first-order chi connectivity index (χ1) is 8.49. The lowest BCUT2D eigenvalue weighted by Crippen LogP contribution is -2.40. The van der Waals surface area contributed by atoms with Gasteiger partial charge in [-0.3, -0.25) is 0 Å². The summed E-state index contributed by atoms with van der Waals surface area (Å²) in [5.74, 6) is 0. The highest BCUT2D eigenvalue weighted by Crippen LogP contribution is 2.31. The van der Waals surface area contributed by atoms with Crippen LogP contribution in [-0.2, 0) is 10.2 Å². The van der Waals surface area contributed by atoms with Crippen molar-refractivity contribution in [3.8, 4) is 0 Å². The summed E-state index contributed by atoms with van der Waals surface area (Å²) in [6.45, 7) is 4.61. The van der Waals surface area contributed by atoms with E-state index in [0.29, 0.717) is 6.54 Å². The van der Waals surface area contributed by atoms with Crippen molar-refractivity contribution < 1.29 is 9.84 Å². The molecule has 1 aromatic carbocycles. The van der Waals surface area contributed by atoms with Crippen LogP contribution in [0.25, 0.3) is 0 Å². The Hall–Kier alpha value is -0.900. The standard InChI is InChI=1S/C15H25NO2/c1-14(2,18-3)9-10-15(11-16,12-17)13-7-5-4-6-8-13/h4-8,17H,9-12,16H2,1-3H3. The van der Waals surface area contributed by atoms with Crippen molar-refractivity contribution in [1.29, 1.82) is 0 Å². The molecule has 1 atom stereocenters. The van der Waals surface area contributed by atoms with Gasteiger partial charge in [0.2, 0.25) is 0 Å². The third-order valence-corrected chi connectivity index (χ3v) is 3.84. The molecular weight excluding hydrogens is 226 g/mol. The van der Waals surface area contributed by atoms with Crippen LogP contribution in [0.4, 0.5) is 0 Å². The maximum absolute atomic E-state index is 9.78. The molecule has 0 aromatic heterocycles. The fourth-order valence-electron chi connectivity index (χ4n) is 2.03. The summed E-state index contributed by atoms with van der Waals surface area (Å²) in [4.78, 5) is 0. The van der Waals surface area contributed by atoms with E-state index in [4.69, 9.17) is 10.5 Å². The largest absolute Gasteiger partial charge is 0.395 e. The van der Waals surface area contributed by atoms with Crippen LogP contribution in [0.5, 0.6) is 0 Å². The first kappa shape index (κ1) is 15.2. The van der Waals surface area contributed by atoms with E-state index < -0.39 is 0 Å². The molecule has 0 aliphatic rings. The summed E-state index contributed by atoms with van der Waals surface area (Å²) in [5.41, 5.74) is 6.47. The zero-order chi connectivity index (χ0) is 13.6. The Kier molecular flexibility index (Phi) is 5.32. The number of nitrogens with two attached hydrogens (primary N) is 1. The lowest BCUT2D eigenvalue weighted by atomic mass is 9.75. The number of benzene rings is 1.